The van der Waals surface area contributed by atoms with Crippen molar-refractivity contribution in [3.63, 3.8) is 0 Å². The highest BCUT2D eigenvalue weighted by molar-refractivity contribution is 7.87. The summed E-state index contributed by atoms with van der Waals surface area (Å²) in [6.45, 7) is 3.53. The van der Waals surface area contributed by atoms with Crippen molar-refractivity contribution in [2.45, 2.75) is 31.5 Å². The monoisotopic (exact) mass is 356 g/mol. The predicted octanol–water partition coefficient (Wildman–Crippen LogP) is 3.52. The standard InChI is InChI=1S/C16H17ClO5S/c1-3-16(18)21-12-8-11(2)9-13(10-12)22-23(19,20)15-7-5-4-6-14(15)17/h4-10,16,18H,3H2,1-2H3. The molecule has 124 valence electrons. The first-order valence-electron chi connectivity index (χ1n) is 6.97. The Morgan fingerprint density at radius 2 is 1.83 bits per heavy atom. The predicted molar refractivity (Wildman–Crippen MR) is 87.4 cm³/mol. The molecule has 1 unspecified atom stereocenters. The molecular formula is C16H17ClO5S. The highest BCUT2D eigenvalue weighted by atomic mass is 35.5. The van der Waals surface area contributed by atoms with Gasteiger partial charge in [-0.1, -0.05) is 30.7 Å². The lowest BCUT2D eigenvalue weighted by Gasteiger charge is -2.14. The molecule has 2 aromatic carbocycles. The molecule has 0 bridgehead atoms. The van der Waals surface area contributed by atoms with E-state index in [4.69, 9.17) is 20.5 Å². The van der Waals surface area contributed by atoms with E-state index < -0.39 is 16.4 Å². The molecule has 23 heavy (non-hydrogen) atoms. The van der Waals surface area contributed by atoms with Crippen LogP contribution >= 0.6 is 11.6 Å². The van der Waals surface area contributed by atoms with Gasteiger partial charge >= 0.3 is 10.1 Å². The van der Waals surface area contributed by atoms with Crippen LogP contribution in [-0.2, 0) is 10.1 Å². The van der Waals surface area contributed by atoms with Gasteiger partial charge in [-0.15, -0.1) is 0 Å². The maximum absolute atomic E-state index is 12.3. The molecule has 0 radical (unpaired) electrons. The third kappa shape index (κ3) is 4.60. The van der Waals surface area contributed by atoms with Crippen molar-refractivity contribution in [3.05, 3.63) is 53.1 Å². The molecular weight excluding hydrogens is 340 g/mol. The van der Waals surface area contributed by atoms with Gasteiger partial charge in [0.05, 0.1) is 5.02 Å². The first-order valence-corrected chi connectivity index (χ1v) is 8.76. The molecule has 0 fully saturated rings. The Balaban J connectivity index is 2.31. The first-order chi connectivity index (χ1) is 10.8. The summed E-state index contributed by atoms with van der Waals surface area (Å²) in [6.07, 6.45) is -0.563. The number of aliphatic hydroxyl groups excluding tert-OH is 1. The van der Waals surface area contributed by atoms with Crippen molar-refractivity contribution in [2.75, 3.05) is 0 Å². The van der Waals surface area contributed by atoms with Gasteiger partial charge in [-0.05, 0) is 36.8 Å². The summed E-state index contributed by atoms with van der Waals surface area (Å²) in [6, 6.07) is 10.7. The van der Waals surface area contributed by atoms with Gasteiger partial charge < -0.3 is 14.0 Å². The summed E-state index contributed by atoms with van der Waals surface area (Å²) < 4.78 is 35.1. The minimum Gasteiger partial charge on any atom is -0.465 e. The van der Waals surface area contributed by atoms with E-state index in [0.29, 0.717) is 12.2 Å². The number of aryl methyl sites for hydroxylation is 1. The lowest BCUT2D eigenvalue weighted by molar-refractivity contribution is -0.0192. The van der Waals surface area contributed by atoms with Crippen molar-refractivity contribution >= 4 is 21.7 Å². The Hall–Kier alpha value is -1.76. The van der Waals surface area contributed by atoms with E-state index in [2.05, 4.69) is 0 Å². The Labute approximate surface area is 140 Å². The smallest absolute Gasteiger partial charge is 0.340 e. The van der Waals surface area contributed by atoms with Crippen LogP contribution in [0.3, 0.4) is 0 Å². The van der Waals surface area contributed by atoms with Crippen molar-refractivity contribution in [2.24, 2.45) is 0 Å². The Morgan fingerprint density at radius 3 is 2.48 bits per heavy atom. The van der Waals surface area contributed by atoms with Crippen LogP contribution in [0.25, 0.3) is 0 Å². The minimum atomic E-state index is -4.06. The fourth-order valence-corrected chi connectivity index (χ4v) is 3.30. The van der Waals surface area contributed by atoms with Gasteiger partial charge in [-0.25, -0.2) is 0 Å². The van der Waals surface area contributed by atoms with E-state index in [9.17, 15) is 13.5 Å². The molecule has 0 aliphatic rings. The Kier molecular flexibility index (Phi) is 5.51. The van der Waals surface area contributed by atoms with Crippen LogP contribution in [0, 0.1) is 6.92 Å². The molecule has 1 N–H and O–H groups in total. The molecule has 0 amide bonds. The molecule has 0 saturated heterocycles. The zero-order valence-corrected chi connectivity index (χ0v) is 14.3. The van der Waals surface area contributed by atoms with Crippen LogP contribution in [0.5, 0.6) is 11.5 Å². The second-order valence-electron chi connectivity index (χ2n) is 4.93. The molecule has 1 atom stereocenters. The zero-order chi connectivity index (χ0) is 17.0. The van der Waals surface area contributed by atoms with E-state index in [1.807, 2.05) is 0 Å². The summed E-state index contributed by atoms with van der Waals surface area (Å²) in [5.74, 6) is 0.409. The van der Waals surface area contributed by atoms with Crippen LogP contribution in [0.15, 0.2) is 47.4 Å². The quantitative estimate of drug-likeness (QED) is 0.633. The zero-order valence-electron chi connectivity index (χ0n) is 12.7. The second kappa shape index (κ2) is 7.21. The summed E-state index contributed by atoms with van der Waals surface area (Å²) >= 11 is 5.91. The molecule has 0 saturated carbocycles. The Bertz CT molecular complexity index is 789. The fraction of sp³-hybridized carbons (Fsp3) is 0.250. The summed E-state index contributed by atoms with van der Waals surface area (Å²) in [5, 5.41) is 9.62. The van der Waals surface area contributed by atoms with Gasteiger partial charge in [0.15, 0.2) is 6.29 Å². The van der Waals surface area contributed by atoms with Gasteiger partial charge in [0.25, 0.3) is 0 Å². The van der Waals surface area contributed by atoms with Gasteiger partial charge in [-0.2, -0.15) is 8.42 Å². The molecule has 0 spiro atoms. The van der Waals surface area contributed by atoms with Crippen molar-refractivity contribution in [3.8, 4) is 11.5 Å². The van der Waals surface area contributed by atoms with Crippen molar-refractivity contribution < 1.29 is 22.4 Å². The minimum absolute atomic E-state index is 0.0815. The number of halogens is 1. The van der Waals surface area contributed by atoms with Crippen molar-refractivity contribution in [1.82, 2.24) is 0 Å². The Morgan fingerprint density at radius 1 is 1.17 bits per heavy atom. The molecule has 2 aromatic rings. The van der Waals surface area contributed by atoms with Crippen LogP contribution in [0.1, 0.15) is 18.9 Å². The molecule has 0 aliphatic carbocycles. The fourth-order valence-electron chi connectivity index (χ4n) is 1.89. The average Bonchev–Trinajstić information content (AvgIpc) is 2.46. The van der Waals surface area contributed by atoms with Crippen LogP contribution in [0.4, 0.5) is 0 Å². The van der Waals surface area contributed by atoms with Gasteiger partial charge in [0.2, 0.25) is 0 Å². The summed E-state index contributed by atoms with van der Waals surface area (Å²) in [5.41, 5.74) is 0.732. The van der Waals surface area contributed by atoms with Crippen LogP contribution in [-0.4, -0.2) is 19.8 Å². The molecule has 7 heteroatoms. The summed E-state index contributed by atoms with van der Waals surface area (Å²) in [4.78, 5) is -0.112. The maximum Gasteiger partial charge on any atom is 0.340 e. The van der Waals surface area contributed by atoms with Crippen molar-refractivity contribution in [1.29, 1.82) is 0 Å². The molecule has 0 aromatic heterocycles. The van der Waals surface area contributed by atoms with E-state index in [1.165, 1.54) is 18.2 Å². The number of ether oxygens (including phenoxy) is 1. The highest BCUT2D eigenvalue weighted by Crippen LogP contribution is 2.28. The molecule has 0 aliphatic heterocycles. The van der Waals surface area contributed by atoms with E-state index in [-0.39, 0.29) is 15.7 Å². The molecule has 2 rings (SSSR count). The largest absolute Gasteiger partial charge is 0.465 e. The number of rotatable bonds is 6. The number of aliphatic hydroxyl groups is 1. The number of hydrogen-bond donors (Lipinski definition) is 1. The van der Waals surface area contributed by atoms with E-state index in [1.54, 1.807) is 38.1 Å². The normalized spacial score (nSPS) is 12.7. The maximum atomic E-state index is 12.3. The second-order valence-corrected chi connectivity index (χ2v) is 6.85. The topological polar surface area (TPSA) is 72.8 Å². The SMILES string of the molecule is CCC(O)Oc1cc(C)cc(OS(=O)(=O)c2ccccc2Cl)c1. The number of benzene rings is 2. The summed E-state index contributed by atoms with van der Waals surface area (Å²) in [7, 11) is -4.06. The first kappa shape index (κ1) is 17.6. The van der Waals surface area contributed by atoms with E-state index in [0.717, 1.165) is 5.56 Å². The highest BCUT2D eigenvalue weighted by Gasteiger charge is 2.20. The lowest BCUT2D eigenvalue weighted by atomic mass is 10.2. The van der Waals surface area contributed by atoms with Gasteiger partial charge in [-0.3, -0.25) is 0 Å². The lowest BCUT2D eigenvalue weighted by Crippen LogP contribution is -2.14. The van der Waals surface area contributed by atoms with Crippen LogP contribution < -0.4 is 8.92 Å². The molecule has 0 heterocycles. The third-order valence-corrected chi connectivity index (χ3v) is 4.71. The van der Waals surface area contributed by atoms with Gasteiger partial charge in [0.1, 0.15) is 16.4 Å². The molecule has 5 nitrogen and oxygen atoms in total. The van der Waals surface area contributed by atoms with E-state index >= 15 is 0 Å². The number of hydrogen-bond acceptors (Lipinski definition) is 5. The average molecular weight is 357 g/mol. The van der Waals surface area contributed by atoms with Crippen LogP contribution in [0.2, 0.25) is 5.02 Å². The third-order valence-electron chi connectivity index (χ3n) is 2.96. The van der Waals surface area contributed by atoms with Gasteiger partial charge in [0, 0.05) is 12.5 Å².